The van der Waals surface area contributed by atoms with Gasteiger partial charge in [0, 0.05) is 12.6 Å². The normalized spacial score (nSPS) is 16.6. The molecule has 1 aliphatic heterocycles. The van der Waals surface area contributed by atoms with Gasteiger partial charge >= 0.3 is 0 Å². The molecule has 0 spiro atoms. The van der Waals surface area contributed by atoms with E-state index in [1.807, 2.05) is 19.9 Å². The van der Waals surface area contributed by atoms with Gasteiger partial charge in [0.25, 0.3) is 5.91 Å². The molecule has 1 saturated heterocycles. The number of amides is 1. The molecule has 0 unspecified atom stereocenters. The molecule has 1 aromatic rings. The zero-order valence-corrected chi connectivity index (χ0v) is 9.49. The zero-order valence-electron chi connectivity index (χ0n) is 9.49. The number of nitrogens with zero attached hydrogens (tertiary/aromatic N) is 1. The molecule has 16 heavy (non-hydrogen) atoms. The summed E-state index contributed by atoms with van der Waals surface area (Å²) in [5.74, 6) is 0.164. The second-order valence-corrected chi connectivity index (χ2v) is 4.02. The quantitative estimate of drug-likeness (QED) is 0.779. The maximum absolute atomic E-state index is 11.7. The Morgan fingerprint density at radius 3 is 2.75 bits per heavy atom. The number of anilines is 1. The first kappa shape index (κ1) is 11.0. The van der Waals surface area contributed by atoms with E-state index >= 15 is 0 Å². The predicted molar refractivity (Wildman–Crippen MR) is 60.8 cm³/mol. The second-order valence-electron chi connectivity index (χ2n) is 4.02. The first-order chi connectivity index (χ1) is 7.59. The van der Waals surface area contributed by atoms with Crippen LogP contribution in [-0.2, 0) is 9.53 Å². The summed E-state index contributed by atoms with van der Waals surface area (Å²) in [6.45, 7) is 4.98. The smallest absolute Gasteiger partial charge is 0.253 e. The van der Waals surface area contributed by atoms with Crippen molar-refractivity contribution in [2.24, 2.45) is 0 Å². The van der Waals surface area contributed by atoms with Crippen LogP contribution < -0.4 is 4.90 Å². The summed E-state index contributed by atoms with van der Waals surface area (Å²) in [5, 5.41) is 9.67. The average Bonchev–Trinajstić information content (AvgIpc) is 2.25. The number of benzene rings is 1. The van der Waals surface area contributed by atoms with Crippen LogP contribution in [0, 0.1) is 13.8 Å². The van der Waals surface area contributed by atoms with E-state index in [1.54, 1.807) is 11.0 Å². The topological polar surface area (TPSA) is 49.8 Å². The predicted octanol–water partition coefficient (Wildman–Crippen LogP) is 1.37. The summed E-state index contributed by atoms with van der Waals surface area (Å²) < 4.78 is 5.07. The standard InChI is InChI=1S/C12H15NO3/c1-8-5-9(2)11(14)6-10(8)13-3-4-16-7-12(13)15/h5-6,14H,3-4,7H2,1-2H3. The maximum Gasteiger partial charge on any atom is 0.253 e. The van der Waals surface area contributed by atoms with Gasteiger partial charge in [-0.15, -0.1) is 0 Å². The highest BCUT2D eigenvalue weighted by Gasteiger charge is 2.22. The Kier molecular flexibility index (Phi) is 2.83. The highest BCUT2D eigenvalue weighted by molar-refractivity contribution is 5.95. The molecule has 1 aromatic carbocycles. The lowest BCUT2D eigenvalue weighted by molar-refractivity contribution is -0.125. The van der Waals surface area contributed by atoms with Gasteiger partial charge in [0.15, 0.2) is 0 Å². The maximum atomic E-state index is 11.7. The van der Waals surface area contributed by atoms with Crippen LogP contribution in [0.5, 0.6) is 5.75 Å². The summed E-state index contributed by atoms with van der Waals surface area (Å²) in [5.41, 5.74) is 2.59. The van der Waals surface area contributed by atoms with Crippen molar-refractivity contribution in [3.63, 3.8) is 0 Å². The fourth-order valence-corrected chi connectivity index (χ4v) is 1.89. The minimum absolute atomic E-state index is 0.0578. The molecule has 1 fully saturated rings. The fourth-order valence-electron chi connectivity index (χ4n) is 1.89. The van der Waals surface area contributed by atoms with E-state index in [4.69, 9.17) is 4.74 Å². The Morgan fingerprint density at radius 2 is 2.06 bits per heavy atom. The zero-order chi connectivity index (χ0) is 11.7. The Balaban J connectivity index is 2.39. The van der Waals surface area contributed by atoms with E-state index < -0.39 is 0 Å². The van der Waals surface area contributed by atoms with Crippen molar-refractivity contribution < 1.29 is 14.6 Å². The monoisotopic (exact) mass is 221 g/mol. The van der Waals surface area contributed by atoms with Crippen LogP contribution in [0.4, 0.5) is 5.69 Å². The molecule has 0 radical (unpaired) electrons. The van der Waals surface area contributed by atoms with Crippen molar-refractivity contribution in [2.75, 3.05) is 24.7 Å². The van der Waals surface area contributed by atoms with Crippen molar-refractivity contribution in [3.05, 3.63) is 23.3 Å². The number of phenolic OH excluding ortho intramolecular Hbond substituents is 1. The van der Waals surface area contributed by atoms with Crippen LogP contribution in [0.3, 0.4) is 0 Å². The van der Waals surface area contributed by atoms with E-state index in [2.05, 4.69) is 0 Å². The van der Waals surface area contributed by atoms with Gasteiger partial charge in [-0.25, -0.2) is 0 Å². The van der Waals surface area contributed by atoms with Crippen LogP contribution in [0.1, 0.15) is 11.1 Å². The third-order valence-corrected chi connectivity index (χ3v) is 2.79. The first-order valence-corrected chi connectivity index (χ1v) is 5.28. The molecule has 86 valence electrons. The molecule has 1 aliphatic rings. The van der Waals surface area contributed by atoms with Gasteiger partial charge in [-0.2, -0.15) is 0 Å². The Labute approximate surface area is 94.4 Å². The number of carbonyl (C=O) groups is 1. The van der Waals surface area contributed by atoms with Crippen LogP contribution >= 0.6 is 0 Å². The molecular weight excluding hydrogens is 206 g/mol. The van der Waals surface area contributed by atoms with Gasteiger partial charge in [-0.1, -0.05) is 6.07 Å². The summed E-state index contributed by atoms with van der Waals surface area (Å²) in [7, 11) is 0. The lowest BCUT2D eigenvalue weighted by atomic mass is 10.1. The molecule has 1 heterocycles. The molecule has 4 heteroatoms. The van der Waals surface area contributed by atoms with Gasteiger partial charge in [-0.3, -0.25) is 4.79 Å². The van der Waals surface area contributed by atoms with Gasteiger partial charge in [-0.05, 0) is 25.0 Å². The highest BCUT2D eigenvalue weighted by Crippen LogP contribution is 2.29. The molecular formula is C12H15NO3. The Hall–Kier alpha value is -1.55. The summed E-state index contributed by atoms with van der Waals surface area (Å²) in [6, 6.07) is 3.53. The van der Waals surface area contributed by atoms with Crippen LogP contribution in [0.2, 0.25) is 0 Å². The molecule has 0 aromatic heterocycles. The van der Waals surface area contributed by atoms with Crippen LogP contribution in [0.25, 0.3) is 0 Å². The number of rotatable bonds is 1. The van der Waals surface area contributed by atoms with E-state index in [0.717, 1.165) is 16.8 Å². The van der Waals surface area contributed by atoms with Gasteiger partial charge in [0.2, 0.25) is 0 Å². The number of phenols is 1. The number of aryl methyl sites for hydroxylation is 2. The Bertz CT molecular complexity index is 429. The largest absolute Gasteiger partial charge is 0.508 e. The van der Waals surface area contributed by atoms with E-state index in [1.165, 1.54) is 0 Å². The van der Waals surface area contributed by atoms with Crippen molar-refractivity contribution in [1.29, 1.82) is 0 Å². The lowest BCUT2D eigenvalue weighted by Crippen LogP contribution is -2.42. The van der Waals surface area contributed by atoms with E-state index in [9.17, 15) is 9.90 Å². The van der Waals surface area contributed by atoms with Gasteiger partial charge < -0.3 is 14.7 Å². The SMILES string of the molecule is Cc1cc(C)c(N2CCOCC2=O)cc1O. The lowest BCUT2D eigenvalue weighted by Gasteiger charge is -2.28. The Morgan fingerprint density at radius 1 is 1.31 bits per heavy atom. The highest BCUT2D eigenvalue weighted by atomic mass is 16.5. The molecule has 4 nitrogen and oxygen atoms in total. The number of aromatic hydroxyl groups is 1. The molecule has 0 bridgehead atoms. The minimum Gasteiger partial charge on any atom is -0.508 e. The minimum atomic E-state index is -0.0578. The molecule has 1 N–H and O–H groups in total. The summed E-state index contributed by atoms with van der Waals surface area (Å²) >= 11 is 0. The molecule has 0 atom stereocenters. The van der Waals surface area contributed by atoms with Crippen molar-refractivity contribution in [2.45, 2.75) is 13.8 Å². The third kappa shape index (κ3) is 1.88. The van der Waals surface area contributed by atoms with Gasteiger partial charge in [0.1, 0.15) is 12.4 Å². The van der Waals surface area contributed by atoms with E-state index in [-0.39, 0.29) is 18.3 Å². The molecule has 2 rings (SSSR count). The van der Waals surface area contributed by atoms with Crippen LogP contribution in [-0.4, -0.2) is 30.8 Å². The third-order valence-electron chi connectivity index (χ3n) is 2.79. The number of ether oxygens (including phenoxy) is 1. The van der Waals surface area contributed by atoms with Crippen LogP contribution in [0.15, 0.2) is 12.1 Å². The summed E-state index contributed by atoms with van der Waals surface area (Å²) in [4.78, 5) is 13.3. The second kappa shape index (κ2) is 4.14. The molecule has 0 saturated carbocycles. The van der Waals surface area contributed by atoms with E-state index in [0.29, 0.717) is 13.2 Å². The number of morpholine rings is 1. The number of carbonyl (C=O) groups excluding carboxylic acids is 1. The molecule has 0 aliphatic carbocycles. The molecule has 1 amide bonds. The number of hydrogen-bond donors (Lipinski definition) is 1. The van der Waals surface area contributed by atoms with Gasteiger partial charge in [0.05, 0.1) is 12.3 Å². The fraction of sp³-hybridized carbons (Fsp3) is 0.417. The van der Waals surface area contributed by atoms with Crippen molar-refractivity contribution in [3.8, 4) is 5.75 Å². The average molecular weight is 221 g/mol. The van der Waals surface area contributed by atoms with Crippen molar-refractivity contribution >= 4 is 11.6 Å². The number of hydrogen-bond acceptors (Lipinski definition) is 3. The van der Waals surface area contributed by atoms with Crippen molar-refractivity contribution in [1.82, 2.24) is 0 Å². The summed E-state index contributed by atoms with van der Waals surface area (Å²) in [6.07, 6.45) is 0. The first-order valence-electron chi connectivity index (χ1n) is 5.28.